The number of fused-ring (bicyclic) bond motifs is 1. The molecule has 3 aromatic rings. The van der Waals surface area contributed by atoms with Crippen LogP contribution in [0.4, 0.5) is 21.6 Å². The van der Waals surface area contributed by atoms with Gasteiger partial charge in [-0.15, -0.1) is 0 Å². The van der Waals surface area contributed by atoms with Crippen LogP contribution in [0.2, 0.25) is 5.02 Å². The van der Waals surface area contributed by atoms with Crippen molar-refractivity contribution in [3.63, 3.8) is 0 Å². The van der Waals surface area contributed by atoms with Crippen molar-refractivity contribution >= 4 is 45.6 Å². The molecule has 5 rings (SSSR count). The Balaban J connectivity index is 1.33. The Morgan fingerprint density at radius 3 is 2.89 bits per heavy atom. The van der Waals surface area contributed by atoms with Gasteiger partial charge >= 0.3 is 0 Å². The van der Waals surface area contributed by atoms with Gasteiger partial charge in [-0.05, 0) is 62.9 Å². The average Bonchev–Trinajstić information content (AvgIpc) is 3.59. The minimum atomic E-state index is -0.502. The summed E-state index contributed by atoms with van der Waals surface area (Å²) in [5.74, 6) is 0.824. The smallest absolute Gasteiger partial charge is 0.248 e. The van der Waals surface area contributed by atoms with Crippen molar-refractivity contribution in [1.29, 1.82) is 0 Å². The van der Waals surface area contributed by atoms with E-state index in [4.69, 9.17) is 21.1 Å². The molecule has 1 saturated carbocycles. The first kappa shape index (κ1) is 26.3. The summed E-state index contributed by atoms with van der Waals surface area (Å²) < 4.78 is 25.4. The zero-order valence-electron chi connectivity index (χ0n) is 21.3. The maximum absolute atomic E-state index is 13.6. The molecule has 10 heteroatoms. The molecule has 0 spiro atoms. The van der Waals surface area contributed by atoms with Crippen LogP contribution in [-0.2, 0) is 9.53 Å². The minimum absolute atomic E-state index is 0.00489. The lowest BCUT2D eigenvalue weighted by atomic mass is 10.1. The van der Waals surface area contributed by atoms with Gasteiger partial charge in [-0.3, -0.25) is 4.79 Å². The van der Waals surface area contributed by atoms with E-state index < -0.39 is 5.82 Å². The van der Waals surface area contributed by atoms with Crippen LogP contribution in [0.3, 0.4) is 0 Å². The highest BCUT2D eigenvalue weighted by molar-refractivity contribution is 6.31. The van der Waals surface area contributed by atoms with Gasteiger partial charge in [-0.2, -0.15) is 0 Å². The maximum atomic E-state index is 13.6. The van der Waals surface area contributed by atoms with E-state index in [0.717, 1.165) is 38.8 Å². The van der Waals surface area contributed by atoms with Crippen molar-refractivity contribution in [2.45, 2.75) is 31.8 Å². The zero-order valence-corrected chi connectivity index (χ0v) is 22.0. The molecule has 2 aliphatic rings. The topological polar surface area (TPSA) is 88.6 Å². The molecular weight excluding hydrogens is 509 g/mol. The number of carbonyl (C=O) groups is 1. The van der Waals surface area contributed by atoms with Gasteiger partial charge in [-0.1, -0.05) is 17.7 Å². The first-order valence-electron chi connectivity index (χ1n) is 12.9. The van der Waals surface area contributed by atoms with Crippen LogP contribution in [0.25, 0.3) is 10.9 Å². The number of anilines is 3. The fraction of sp³-hybridized carbons (Fsp3) is 0.393. The average molecular weight is 540 g/mol. The van der Waals surface area contributed by atoms with Crippen molar-refractivity contribution in [2.24, 2.45) is 5.92 Å². The van der Waals surface area contributed by atoms with Gasteiger partial charge in [-0.25, -0.2) is 14.4 Å². The van der Waals surface area contributed by atoms with E-state index in [-0.39, 0.29) is 17.0 Å². The monoisotopic (exact) mass is 539 g/mol. The van der Waals surface area contributed by atoms with Crippen LogP contribution < -0.4 is 15.4 Å². The van der Waals surface area contributed by atoms with Crippen molar-refractivity contribution < 1.29 is 18.7 Å². The summed E-state index contributed by atoms with van der Waals surface area (Å²) in [6, 6.07) is 7.94. The molecule has 1 aromatic heterocycles. The van der Waals surface area contributed by atoms with E-state index >= 15 is 0 Å². The quantitative estimate of drug-likeness (QED) is 0.308. The molecule has 8 nitrogen and oxygen atoms in total. The molecule has 0 radical (unpaired) electrons. The summed E-state index contributed by atoms with van der Waals surface area (Å²) >= 11 is 5.94. The molecule has 2 heterocycles. The highest BCUT2D eigenvalue weighted by atomic mass is 35.5. The molecule has 1 unspecified atom stereocenters. The standard InChI is InChI=1S/C28H31ClFN5O3/c1-35(15-20-4-3-11-37-20)10-2-5-27(36)34-25-13-21-24(14-26(25)38-16-18-6-7-18)31-17-32-28(21)33-19-8-9-23(30)22(29)12-19/h2,5,8-9,12-14,17-18,20H,3-4,6-7,10-11,15-16H2,1H3,(H,34,36)(H,31,32,33). The number of hydrogen-bond acceptors (Lipinski definition) is 7. The first-order valence-corrected chi connectivity index (χ1v) is 13.2. The molecule has 2 fully saturated rings. The Morgan fingerprint density at radius 2 is 2.13 bits per heavy atom. The number of amides is 1. The number of nitrogens with one attached hydrogen (secondary N) is 2. The van der Waals surface area contributed by atoms with Crippen LogP contribution >= 0.6 is 11.6 Å². The molecule has 1 amide bonds. The van der Waals surface area contributed by atoms with Crippen LogP contribution in [0.1, 0.15) is 25.7 Å². The van der Waals surface area contributed by atoms with Crippen LogP contribution in [0.5, 0.6) is 5.75 Å². The summed E-state index contributed by atoms with van der Waals surface area (Å²) in [5, 5.41) is 6.79. The Labute approximate surface area is 226 Å². The number of hydrogen-bond donors (Lipinski definition) is 2. The molecule has 1 aliphatic heterocycles. The van der Waals surface area contributed by atoms with Crippen LogP contribution in [-0.4, -0.2) is 60.2 Å². The third-order valence-electron chi connectivity index (χ3n) is 6.57. The summed E-state index contributed by atoms with van der Waals surface area (Å²) in [6.45, 7) is 2.89. The van der Waals surface area contributed by atoms with Crippen LogP contribution in [0, 0.1) is 11.7 Å². The van der Waals surface area contributed by atoms with Gasteiger partial charge in [0.15, 0.2) is 0 Å². The van der Waals surface area contributed by atoms with Gasteiger partial charge in [0.1, 0.15) is 23.7 Å². The molecule has 1 atom stereocenters. The second-order valence-corrected chi connectivity index (χ2v) is 10.3. The van der Waals surface area contributed by atoms with Gasteiger partial charge in [0.25, 0.3) is 0 Å². The van der Waals surface area contributed by atoms with Crippen LogP contribution in [0.15, 0.2) is 48.8 Å². The maximum Gasteiger partial charge on any atom is 0.248 e. The SMILES string of the molecule is CN(CC=CC(=O)Nc1cc2c(Nc3ccc(F)c(Cl)c3)ncnc2cc1OCC1CC1)CC1CCCO1. The van der Waals surface area contributed by atoms with Gasteiger partial charge in [0.2, 0.25) is 5.91 Å². The number of benzene rings is 2. The second-order valence-electron chi connectivity index (χ2n) is 9.84. The fourth-order valence-corrected chi connectivity index (χ4v) is 4.51. The van der Waals surface area contributed by atoms with Crippen molar-refractivity contribution in [1.82, 2.24) is 14.9 Å². The molecule has 38 heavy (non-hydrogen) atoms. The summed E-state index contributed by atoms with van der Waals surface area (Å²) in [7, 11) is 2.01. The number of aromatic nitrogens is 2. The normalized spacial score (nSPS) is 17.4. The summed E-state index contributed by atoms with van der Waals surface area (Å²) in [5.41, 5.74) is 1.74. The predicted molar refractivity (Wildman–Crippen MR) is 147 cm³/mol. The first-order chi connectivity index (χ1) is 18.4. The van der Waals surface area contributed by atoms with E-state index in [1.807, 2.05) is 13.1 Å². The minimum Gasteiger partial charge on any atom is -0.491 e. The van der Waals surface area contributed by atoms with E-state index in [1.165, 1.54) is 24.5 Å². The zero-order chi connectivity index (χ0) is 26.5. The number of rotatable bonds is 11. The lowest BCUT2D eigenvalue weighted by Gasteiger charge is -2.18. The molecular formula is C28H31ClFN5O3. The van der Waals surface area contributed by atoms with Gasteiger partial charge in [0.05, 0.1) is 28.9 Å². The molecule has 2 N–H and O–H groups in total. The van der Waals surface area contributed by atoms with Gasteiger partial charge < -0.3 is 25.0 Å². The van der Waals surface area contributed by atoms with Gasteiger partial charge in [0, 0.05) is 42.9 Å². The van der Waals surface area contributed by atoms with E-state index in [9.17, 15) is 9.18 Å². The number of nitrogens with zero attached hydrogens (tertiary/aromatic N) is 3. The van der Waals surface area contributed by atoms with Crippen molar-refractivity contribution in [2.75, 3.05) is 44.0 Å². The summed E-state index contributed by atoms with van der Waals surface area (Å²) in [4.78, 5) is 23.7. The Morgan fingerprint density at radius 1 is 1.26 bits per heavy atom. The molecule has 2 aromatic carbocycles. The third-order valence-corrected chi connectivity index (χ3v) is 6.86. The Bertz CT molecular complexity index is 1330. The molecule has 1 saturated heterocycles. The van der Waals surface area contributed by atoms with E-state index in [0.29, 0.717) is 52.9 Å². The number of halogens is 2. The fourth-order valence-electron chi connectivity index (χ4n) is 4.33. The number of likely N-dealkylation sites (N-methyl/N-ethyl adjacent to an activating group) is 1. The second kappa shape index (κ2) is 12.1. The lowest BCUT2D eigenvalue weighted by molar-refractivity contribution is -0.111. The van der Waals surface area contributed by atoms with E-state index in [2.05, 4.69) is 25.5 Å². The number of ether oxygens (including phenoxy) is 2. The lowest BCUT2D eigenvalue weighted by Crippen LogP contribution is -2.28. The van der Waals surface area contributed by atoms with E-state index in [1.54, 1.807) is 18.2 Å². The predicted octanol–water partition coefficient (Wildman–Crippen LogP) is 5.56. The van der Waals surface area contributed by atoms with Crippen molar-refractivity contribution in [3.8, 4) is 5.75 Å². The van der Waals surface area contributed by atoms with Crippen molar-refractivity contribution in [3.05, 3.63) is 59.7 Å². The Kier molecular flexibility index (Phi) is 8.36. The number of carbonyl (C=O) groups excluding carboxylic acids is 1. The largest absolute Gasteiger partial charge is 0.491 e. The summed E-state index contributed by atoms with van der Waals surface area (Å²) in [6.07, 6.45) is 9.55. The molecule has 0 bridgehead atoms. The molecule has 200 valence electrons. The third kappa shape index (κ3) is 6.98. The molecule has 1 aliphatic carbocycles. The highest BCUT2D eigenvalue weighted by Crippen LogP contribution is 2.36. The Hall–Kier alpha value is -3.27. The highest BCUT2D eigenvalue weighted by Gasteiger charge is 2.23.